The van der Waals surface area contributed by atoms with Gasteiger partial charge in [-0.3, -0.25) is 9.63 Å². The van der Waals surface area contributed by atoms with Crippen molar-refractivity contribution in [1.82, 2.24) is 5.48 Å². The zero-order valence-corrected chi connectivity index (χ0v) is 7.37. The molecule has 5 heteroatoms. The number of hydrogen-bond donors (Lipinski definition) is 2. The molecule has 0 aliphatic rings. The first-order chi connectivity index (χ1) is 6.27. The minimum Gasteiger partial charge on any atom is -0.454 e. The summed E-state index contributed by atoms with van der Waals surface area (Å²) in [5.41, 5.74) is 7.52. The first kappa shape index (κ1) is 9.76. The first-order valence-electron chi connectivity index (χ1n) is 3.98. The highest BCUT2D eigenvalue weighted by molar-refractivity contribution is 5.90. The lowest BCUT2D eigenvalue weighted by Crippen LogP contribution is -2.22. The number of nitrogens with two attached hydrogens (primary N) is 1. The number of hydroxylamine groups is 1. The lowest BCUT2D eigenvalue weighted by molar-refractivity contribution is 0.0339. The number of nitrogens with one attached hydrogen (secondary N) is 1. The van der Waals surface area contributed by atoms with Crippen molar-refractivity contribution in [2.75, 3.05) is 6.61 Å². The topological polar surface area (TPSA) is 77.5 Å². The van der Waals surface area contributed by atoms with Crippen LogP contribution < -0.4 is 11.2 Å². The van der Waals surface area contributed by atoms with Gasteiger partial charge in [-0.15, -0.1) is 0 Å². The van der Waals surface area contributed by atoms with Gasteiger partial charge < -0.3 is 10.2 Å². The summed E-state index contributed by atoms with van der Waals surface area (Å²) in [5.74, 6) is 0.372. The third kappa shape index (κ3) is 2.57. The Hall–Kier alpha value is -1.33. The second-order valence-corrected chi connectivity index (χ2v) is 2.33. The summed E-state index contributed by atoms with van der Waals surface area (Å²) < 4.78 is 5.07. The van der Waals surface area contributed by atoms with Crippen LogP contribution in [-0.4, -0.2) is 12.5 Å². The smallest absolute Gasteiger partial charge is 0.310 e. The van der Waals surface area contributed by atoms with Crippen LogP contribution in [0.5, 0.6) is 0 Å². The van der Waals surface area contributed by atoms with E-state index in [4.69, 9.17) is 15.0 Å². The number of amides is 1. The van der Waals surface area contributed by atoms with Crippen molar-refractivity contribution < 1.29 is 14.0 Å². The predicted molar refractivity (Wildman–Crippen MR) is 45.7 cm³/mol. The van der Waals surface area contributed by atoms with Crippen molar-refractivity contribution in [2.24, 2.45) is 5.73 Å². The highest BCUT2D eigenvalue weighted by Crippen LogP contribution is 2.06. The minimum atomic E-state index is -0.401. The van der Waals surface area contributed by atoms with E-state index in [9.17, 15) is 4.79 Å². The number of carbonyl (C=O) groups excluding carboxylic acids is 1. The summed E-state index contributed by atoms with van der Waals surface area (Å²) in [6, 6.07) is 3.21. The maximum absolute atomic E-state index is 11.2. The Kier molecular flexibility index (Phi) is 3.48. The van der Waals surface area contributed by atoms with Gasteiger partial charge in [-0.05, 0) is 19.1 Å². The van der Waals surface area contributed by atoms with Gasteiger partial charge in [0, 0.05) is 0 Å². The standard InChI is InChI=1S/C8H12N2O3/c1-2-12-10-8(11)7-4-3-6(5-9)13-7/h3-4H,2,5,9H2,1H3,(H,10,11). The molecule has 0 unspecified atom stereocenters. The molecule has 0 aromatic carbocycles. The number of carbonyl (C=O) groups is 1. The lowest BCUT2D eigenvalue weighted by atomic mass is 10.4. The van der Waals surface area contributed by atoms with Crippen LogP contribution in [0.15, 0.2) is 16.5 Å². The highest BCUT2D eigenvalue weighted by Gasteiger charge is 2.09. The molecule has 1 heterocycles. The third-order valence-corrected chi connectivity index (χ3v) is 1.40. The largest absolute Gasteiger partial charge is 0.454 e. The maximum atomic E-state index is 11.2. The van der Waals surface area contributed by atoms with Crippen LogP contribution in [0, 0.1) is 0 Å². The van der Waals surface area contributed by atoms with Gasteiger partial charge in [0.15, 0.2) is 5.76 Å². The number of furan rings is 1. The average Bonchev–Trinajstić information content (AvgIpc) is 2.62. The van der Waals surface area contributed by atoms with E-state index in [1.54, 1.807) is 19.1 Å². The van der Waals surface area contributed by atoms with Crippen molar-refractivity contribution in [1.29, 1.82) is 0 Å². The normalized spacial score (nSPS) is 10.0. The van der Waals surface area contributed by atoms with Crippen molar-refractivity contribution in [2.45, 2.75) is 13.5 Å². The molecule has 0 saturated heterocycles. The Balaban J connectivity index is 2.55. The molecule has 0 aliphatic carbocycles. The van der Waals surface area contributed by atoms with Crippen LogP contribution in [-0.2, 0) is 11.4 Å². The second-order valence-electron chi connectivity index (χ2n) is 2.33. The van der Waals surface area contributed by atoms with Crippen LogP contribution in [0.4, 0.5) is 0 Å². The molecular weight excluding hydrogens is 172 g/mol. The molecule has 3 N–H and O–H groups in total. The van der Waals surface area contributed by atoms with Gasteiger partial charge in [0.05, 0.1) is 13.2 Å². The Morgan fingerprint density at radius 2 is 2.46 bits per heavy atom. The molecule has 0 bridgehead atoms. The molecule has 0 saturated carbocycles. The molecule has 5 nitrogen and oxygen atoms in total. The fourth-order valence-corrected chi connectivity index (χ4v) is 0.798. The van der Waals surface area contributed by atoms with Crippen LogP contribution in [0.25, 0.3) is 0 Å². The minimum absolute atomic E-state index is 0.203. The molecule has 72 valence electrons. The Bertz CT molecular complexity index is 283. The van der Waals surface area contributed by atoms with Crippen molar-refractivity contribution in [3.8, 4) is 0 Å². The number of rotatable bonds is 4. The fourth-order valence-electron chi connectivity index (χ4n) is 0.798. The molecule has 0 atom stereocenters. The van der Waals surface area contributed by atoms with Crippen molar-refractivity contribution >= 4 is 5.91 Å². The molecular formula is C8H12N2O3. The fraction of sp³-hybridized carbons (Fsp3) is 0.375. The van der Waals surface area contributed by atoms with E-state index in [1.165, 1.54) is 0 Å². The van der Waals surface area contributed by atoms with E-state index < -0.39 is 5.91 Å². The summed E-state index contributed by atoms with van der Waals surface area (Å²) in [6.07, 6.45) is 0. The zero-order valence-electron chi connectivity index (χ0n) is 7.37. The molecule has 13 heavy (non-hydrogen) atoms. The van der Waals surface area contributed by atoms with Crippen molar-refractivity contribution in [3.05, 3.63) is 23.7 Å². The predicted octanol–water partition coefficient (Wildman–Crippen LogP) is 0.420. The highest BCUT2D eigenvalue weighted by atomic mass is 16.7. The second kappa shape index (κ2) is 4.64. The summed E-state index contributed by atoms with van der Waals surface area (Å²) in [7, 11) is 0. The molecule has 0 aliphatic heterocycles. The maximum Gasteiger partial charge on any atom is 0.310 e. The van der Waals surface area contributed by atoms with Crippen LogP contribution in [0.2, 0.25) is 0 Å². The molecule has 1 aromatic rings. The monoisotopic (exact) mass is 184 g/mol. The van der Waals surface area contributed by atoms with E-state index in [2.05, 4.69) is 5.48 Å². The van der Waals surface area contributed by atoms with E-state index in [0.717, 1.165) is 0 Å². The van der Waals surface area contributed by atoms with E-state index in [0.29, 0.717) is 12.4 Å². The van der Waals surface area contributed by atoms with Crippen LogP contribution in [0.3, 0.4) is 0 Å². The summed E-state index contributed by atoms with van der Waals surface area (Å²) in [6.45, 7) is 2.46. The SMILES string of the molecule is CCONC(=O)c1ccc(CN)o1. The zero-order chi connectivity index (χ0) is 9.68. The van der Waals surface area contributed by atoms with Gasteiger partial charge in [-0.25, -0.2) is 5.48 Å². The van der Waals surface area contributed by atoms with Crippen LogP contribution >= 0.6 is 0 Å². The number of hydrogen-bond acceptors (Lipinski definition) is 4. The van der Waals surface area contributed by atoms with Crippen LogP contribution in [0.1, 0.15) is 23.2 Å². The van der Waals surface area contributed by atoms with Gasteiger partial charge >= 0.3 is 5.91 Å². The summed E-state index contributed by atoms with van der Waals surface area (Å²) in [5, 5.41) is 0. The van der Waals surface area contributed by atoms with E-state index in [1.807, 2.05) is 0 Å². The van der Waals surface area contributed by atoms with E-state index in [-0.39, 0.29) is 12.3 Å². The molecule has 0 spiro atoms. The lowest BCUT2D eigenvalue weighted by Gasteiger charge is -1.99. The molecule has 0 fully saturated rings. The third-order valence-electron chi connectivity index (χ3n) is 1.40. The Morgan fingerprint density at radius 1 is 1.69 bits per heavy atom. The molecule has 1 aromatic heterocycles. The van der Waals surface area contributed by atoms with Gasteiger partial charge in [0.1, 0.15) is 5.76 Å². The Morgan fingerprint density at radius 3 is 3.00 bits per heavy atom. The molecule has 0 radical (unpaired) electrons. The molecule has 1 rings (SSSR count). The summed E-state index contributed by atoms with van der Waals surface area (Å²) in [4.78, 5) is 15.9. The van der Waals surface area contributed by atoms with Gasteiger partial charge in [0.25, 0.3) is 0 Å². The first-order valence-corrected chi connectivity index (χ1v) is 3.98. The Labute approximate surface area is 75.8 Å². The van der Waals surface area contributed by atoms with Gasteiger partial charge in [-0.1, -0.05) is 0 Å². The molecule has 1 amide bonds. The summed E-state index contributed by atoms with van der Waals surface area (Å²) >= 11 is 0. The average molecular weight is 184 g/mol. The quantitative estimate of drug-likeness (QED) is 0.665. The van der Waals surface area contributed by atoms with Crippen molar-refractivity contribution in [3.63, 3.8) is 0 Å². The van der Waals surface area contributed by atoms with Gasteiger partial charge in [-0.2, -0.15) is 0 Å². The van der Waals surface area contributed by atoms with E-state index >= 15 is 0 Å². The van der Waals surface area contributed by atoms with Gasteiger partial charge in [0.2, 0.25) is 0 Å².